The molecule has 1 aliphatic carbocycles. The number of rotatable bonds is 2. The minimum Gasteiger partial charge on any atom is -0.329 e. The summed E-state index contributed by atoms with van der Waals surface area (Å²) in [6.07, 6.45) is -0.759. The maximum Gasteiger partial charge on any atom is 0.433 e. The predicted octanol–water partition coefficient (Wildman–Crippen LogP) is 1.88. The van der Waals surface area contributed by atoms with Gasteiger partial charge in [0.05, 0.1) is 0 Å². The minimum atomic E-state index is -4.42. The second-order valence-corrected chi connectivity index (χ2v) is 4.10. The topological polar surface area (TPSA) is 51.8 Å². The van der Waals surface area contributed by atoms with Gasteiger partial charge in [-0.15, -0.1) is 0 Å². The maximum absolute atomic E-state index is 12.5. The SMILES string of the molecule is NCC1(c2nccc(C(F)(F)F)n2)CCC1. The number of nitrogens with two attached hydrogens (primary N) is 1. The zero-order valence-corrected chi connectivity index (χ0v) is 8.59. The Morgan fingerprint density at radius 3 is 2.50 bits per heavy atom. The van der Waals surface area contributed by atoms with Gasteiger partial charge in [0.1, 0.15) is 11.5 Å². The summed E-state index contributed by atoms with van der Waals surface area (Å²) >= 11 is 0. The Bertz CT molecular complexity index is 380. The van der Waals surface area contributed by atoms with E-state index in [2.05, 4.69) is 9.97 Å². The summed E-state index contributed by atoms with van der Waals surface area (Å²) in [5.74, 6) is 0.232. The Morgan fingerprint density at radius 2 is 2.06 bits per heavy atom. The van der Waals surface area contributed by atoms with Crippen LogP contribution in [0.15, 0.2) is 12.3 Å². The standard InChI is InChI=1S/C10H12F3N3/c11-10(12,13)7-2-5-15-8(16-7)9(6-14)3-1-4-9/h2,5H,1,3-4,6,14H2. The lowest BCUT2D eigenvalue weighted by atomic mass is 9.68. The molecule has 0 amide bonds. The van der Waals surface area contributed by atoms with Crippen molar-refractivity contribution in [3.63, 3.8) is 0 Å². The van der Waals surface area contributed by atoms with Crippen LogP contribution in [0.1, 0.15) is 30.8 Å². The predicted molar refractivity (Wildman–Crippen MR) is 51.6 cm³/mol. The van der Waals surface area contributed by atoms with E-state index in [1.807, 2.05) is 0 Å². The smallest absolute Gasteiger partial charge is 0.329 e. The molecule has 0 aliphatic heterocycles. The molecule has 0 bridgehead atoms. The van der Waals surface area contributed by atoms with E-state index in [-0.39, 0.29) is 5.82 Å². The van der Waals surface area contributed by atoms with Gasteiger partial charge < -0.3 is 5.73 Å². The third-order valence-electron chi connectivity index (χ3n) is 3.12. The van der Waals surface area contributed by atoms with Gasteiger partial charge in [-0.25, -0.2) is 9.97 Å². The van der Waals surface area contributed by atoms with Crippen molar-refractivity contribution in [1.29, 1.82) is 0 Å². The van der Waals surface area contributed by atoms with E-state index in [9.17, 15) is 13.2 Å². The highest BCUT2D eigenvalue weighted by atomic mass is 19.4. The number of hydrogen-bond donors (Lipinski definition) is 1. The van der Waals surface area contributed by atoms with Crippen molar-refractivity contribution in [2.75, 3.05) is 6.54 Å². The number of halogens is 3. The maximum atomic E-state index is 12.5. The van der Waals surface area contributed by atoms with Gasteiger partial charge in [-0.3, -0.25) is 0 Å². The molecule has 16 heavy (non-hydrogen) atoms. The number of aromatic nitrogens is 2. The second-order valence-electron chi connectivity index (χ2n) is 4.10. The molecule has 0 saturated heterocycles. The summed E-state index contributed by atoms with van der Waals surface area (Å²) in [5.41, 5.74) is 4.28. The van der Waals surface area contributed by atoms with Crippen molar-refractivity contribution >= 4 is 0 Å². The first kappa shape index (κ1) is 11.3. The summed E-state index contributed by atoms with van der Waals surface area (Å²) in [5, 5.41) is 0. The molecule has 0 radical (unpaired) electrons. The first-order chi connectivity index (χ1) is 7.48. The van der Waals surface area contributed by atoms with Crippen molar-refractivity contribution in [3.05, 3.63) is 23.8 Å². The molecule has 0 spiro atoms. The van der Waals surface area contributed by atoms with E-state index < -0.39 is 17.3 Å². The van der Waals surface area contributed by atoms with Gasteiger partial charge in [0, 0.05) is 18.2 Å². The van der Waals surface area contributed by atoms with E-state index in [1.54, 1.807) is 0 Å². The third kappa shape index (κ3) is 1.77. The van der Waals surface area contributed by atoms with Crippen molar-refractivity contribution in [2.45, 2.75) is 30.9 Å². The third-order valence-corrected chi connectivity index (χ3v) is 3.12. The lowest BCUT2D eigenvalue weighted by Crippen LogP contribution is -2.43. The molecule has 1 aliphatic rings. The summed E-state index contributed by atoms with van der Waals surface area (Å²) in [7, 11) is 0. The average Bonchev–Trinajstić information content (AvgIpc) is 2.16. The molecule has 1 heterocycles. The van der Waals surface area contributed by atoms with Crippen LogP contribution < -0.4 is 5.73 Å². The highest BCUT2D eigenvalue weighted by Gasteiger charge is 2.42. The van der Waals surface area contributed by atoms with Gasteiger partial charge in [0.2, 0.25) is 0 Å². The molecule has 0 unspecified atom stereocenters. The van der Waals surface area contributed by atoms with E-state index in [0.29, 0.717) is 6.54 Å². The van der Waals surface area contributed by atoms with Crippen LogP contribution in [-0.2, 0) is 11.6 Å². The Hall–Kier alpha value is -1.17. The van der Waals surface area contributed by atoms with Crippen LogP contribution in [0.25, 0.3) is 0 Å². The van der Waals surface area contributed by atoms with Gasteiger partial charge in [0.25, 0.3) is 0 Å². The van der Waals surface area contributed by atoms with Crippen molar-refractivity contribution in [2.24, 2.45) is 5.73 Å². The molecule has 1 saturated carbocycles. The normalized spacial score (nSPS) is 19.2. The fraction of sp³-hybridized carbons (Fsp3) is 0.600. The van der Waals surface area contributed by atoms with E-state index in [0.717, 1.165) is 31.5 Å². The van der Waals surface area contributed by atoms with Crippen molar-refractivity contribution in [3.8, 4) is 0 Å². The monoisotopic (exact) mass is 231 g/mol. The number of nitrogens with zero attached hydrogens (tertiary/aromatic N) is 2. The van der Waals surface area contributed by atoms with Crippen LogP contribution in [0.4, 0.5) is 13.2 Å². The molecule has 1 aromatic heterocycles. The molecule has 2 N–H and O–H groups in total. The van der Waals surface area contributed by atoms with Gasteiger partial charge in [-0.2, -0.15) is 13.2 Å². The van der Waals surface area contributed by atoms with E-state index >= 15 is 0 Å². The molecule has 2 rings (SSSR count). The zero-order valence-electron chi connectivity index (χ0n) is 8.59. The average molecular weight is 231 g/mol. The number of hydrogen-bond acceptors (Lipinski definition) is 3. The van der Waals surface area contributed by atoms with Gasteiger partial charge in [0.15, 0.2) is 0 Å². The first-order valence-electron chi connectivity index (χ1n) is 5.09. The molecular weight excluding hydrogens is 219 g/mol. The van der Waals surface area contributed by atoms with Gasteiger partial charge >= 0.3 is 6.18 Å². The molecular formula is C10H12F3N3. The zero-order chi connectivity index (χ0) is 11.8. The van der Waals surface area contributed by atoms with Crippen LogP contribution in [0.3, 0.4) is 0 Å². The largest absolute Gasteiger partial charge is 0.433 e. The van der Waals surface area contributed by atoms with Gasteiger partial charge in [-0.05, 0) is 18.9 Å². The van der Waals surface area contributed by atoms with Crippen LogP contribution >= 0.6 is 0 Å². The van der Waals surface area contributed by atoms with E-state index in [1.165, 1.54) is 0 Å². The molecule has 3 nitrogen and oxygen atoms in total. The Balaban J connectivity index is 2.36. The molecule has 1 aromatic rings. The van der Waals surface area contributed by atoms with Crippen LogP contribution in [0.5, 0.6) is 0 Å². The fourth-order valence-corrected chi connectivity index (χ4v) is 1.89. The highest BCUT2D eigenvalue weighted by molar-refractivity contribution is 5.17. The second kappa shape index (κ2) is 3.69. The van der Waals surface area contributed by atoms with Crippen molar-refractivity contribution in [1.82, 2.24) is 9.97 Å². The lowest BCUT2D eigenvalue weighted by Gasteiger charge is -2.39. The van der Waals surface area contributed by atoms with Crippen molar-refractivity contribution < 1.29 is 13.2 Å². The molecule has 6 heteroatoms. The highest BCUT2D eigenvalue weighted by Crippen LogP contribution is 2.41. The Kier molecular flexibility index (Phi) is 2.61. The molecule has 0 aromatic carbocycles. The minimum absolute atomic E-state index is 0.232. The fourth-order valence-electron chi connectivity index (χ4n) is 1.89. The lowest BCUT2D eigenvalue weighted by molar-refractivity contribution is -0.141. The van der Waals surface area contributed by atoms with Crippen LogP contribution in [0.2, 0.25) is 0 Å². The quantitative estimate of drug-likeness (QED) is 0.845. The summed E-state index contributed by atoms with van der Waals surface area (Å²) in [4.78, 5) is 7.52. The molecule has 0 atom stereocenters. The van der Waals surface area contributed by atoms with Crippen LogP contribution in [0, 0.1) is 0 Å². The van der Waals surface area contributed by atoms with Crippen LogP contribution in [-0.4, -0.2) is 16.5 Å². The summed E-state index contributed by atoms with van der Waals surface area (Å²) < 4.78 is 37.4. The Morgan fingerprint density at radius 1 is 1.38 bits per heavy atom. The Labute approximate surface area is 90.9 Å². The summed E-state index contributed by atoms with van der Waals surface area (Å²) in [6, 6.07) is 0.881. The molecule has 88 valence electrons. The van der Waals surface area contributed by atoms with Gasteiger partial charge in [-0.1, -0.05) is 6.42 Å². The number of alkyl halides is 3. The molecule has 1 fully saturated rings. The summed E-state index contributed by atoms with van der Waals surface area (Å²) in [6.45, 7) is 0.300. The first-order valence-corrected chi connectivity index (χ1v) is 5.09. The van der Waals surface area contributed by atoms with E-state index in [4.69, 9.17) is 5.73 Å².